The molecule has 0 spiro atoms. The number of carbonyl (C=O) groups excluding carboxylic acids is 1. The molecule has 81 heavy (non-hydrogen) atoms. The second-order valence-electron chi connectivity index (χ2n) is 21.1. The summed E-state index contributed by atoms with van der Waals surface area (Å²) in [5, 5.41) is 87.1. The molecule has 2 aliphatic heterocycles. The lowest BCUT2D eigenvalue weighted by Crippen LogP contribution is -2.65. The Morgan fingerprint density at radius 2 is 0.864 bits per heavy atom. The first kappa shape index (κ1) is 73.2. The van der Waals surface area contributed by atoms with Crippen LogP contribution in [0, 0.1) is 0 Å². The van der Waals surface area contributed by atoms with Gasteiger partial charge in [0.2, 0.25) is 5.91 Å². The summed E-state index contributed by atoms with van der Waals surface area (Å²) in [5.74, 6) is -0.284. The second-order valence-corrected chi connectivity index (χ2v) is 21.1. The van der Waals surface area contributed by atoms with Crippen LogP contribution in [-0.4, -0.2) is 140 Å². The van der Waals surface area contributed by atoms with Crippen LogP contribution in [0.15, 0.2) is 134 Å². The van der Waals surface area contributed by atoms with Gasteiger partial charge in [0.25, 0.3) is 0 Å². The van der Waals surface area contributed by atoms with E-state index in [0.717, 1.165) is 103 Å². The molecule has 0 aromatic carbocycles. The highest BCUT2D eigenvalue weighted by Gasteiger charge is 2.51. The van der Waals surface area contributed by atoms with Gasteiger partial charge in [-0.05, 0) is 109 Å². The molecule has 0 bridgehead atoms. The molecular formula is C67H109NO13. The molecule has 0 saturated carbocycles. The van der Waals surface area contributed by atoms with Gasteiger partial charge >= 0.3 is 0 Å². The monoisotopic (exact) mass is 1140 g/mol. The van der Waals surface area contributed by atoms with E-state index in [1.165, 1.54) is 51.4 Å². The highest BCUT2D eigenvalue weighted by Crippen LogP contribution is 2.30. The maximum Gasteiger partial charge on any atom is 0.220 e. The molecule has 1 amide bonds. The lowest BCUT2D eigenvalue weighted by Gasteiger charge is -2.46. The summed E-state index contributed by atoms with van der Waals surface area (Å²) in [4.78, 5) is 13.3. The lowest BCUT2D eigenvalue weighted by atomic mass is 9.97. The van der Waals surface area contributed by atoms with Gasteiger partial charge < -0.3 is 65.1 Å². The van der Waals surface area contributed by atoms with Crippen LogP contribution in [0.5, 0.6) is 0 Å². The van der Waals surface area contributed by atoms with Crippen LogP contribution in [0.4, 0.5) is 0 Å². The number of rotatable bonds is 47. The Hall–Kier alpha value is -3.87. The first-order valence-corrected chi connectivity index (χ1v) is 30.9. The summed E-state index contributed by atoms with van der Waals surface area (Å²) in [6.45, 7) is 2.61. The quantitative estimate of drug-likeness (QED) is 0.0204. The third-order valence-electron chi connectivity index (χ3n) is 14.0. The lowest BCUT2D eigenvalue weighted by molar-refractivity contribution is -0.359. The summed E-state index contributed by atoms with van der Waals surface area (Å²) in [5.41, 5.74) is 0. The first-order valence-electron chi connectivity index (χ1n) is 30.9. The van der Waals surface area contributed by atoms with Crippen molar-refractivity contribution in [3.05, 3.63) is 134 Å². The molecule has 460 valence electrons. The summed E-state index contributed by atoms with van der Waals surface area (Å²) in [6.07, 6.45) is 57.7. The third kappa shape index (κ3) is 35.8. The highest BCUT2D eigenvalue weighted by atomic mass is 16.7. The van der Waals surface area contributed by atoms with Gasteiger partial charge in [-0.25, -0.2) is 0 Å². The van der Waals surface area contributed by atoms with Crippen molar-refractivity contribution in [1.82, 2.24) is 5.32 Å². The molecule has 2 rings (SSSR count). The molecule has 0 aliphatic carbocycles. The van der Waals surface area contributed by atoms with Crippen LogP contribution in [0.2, 0.25) is 0 Å². The van der Waals surface area contributed by atoms with E-state index in [9.17, 15) is 45.6 Å². The van der Waals surface area contributed by atoms with E-state index >= 15 is 0 Å². The van der Waals surface area contributed by atoms with E-state index < -0.39 is 86.8 Å². The molecule has 9 N–H and O–H groups in total. The van der Waals surface area contributed by atoms with Gasteiger partial charge in [-0.2, -0.15) is 0 Å². The van der Waals surface area contributed by atoms with Crippen LogP contribution < -0.4 is 5.32 Å². The van der Waals surface area contributed by atoms with Crippen molar-refractivity contribution < 1.29 is 64.6 Å². The molecule has 0 radical (unpaired) electrons. The molecule has 12 unspecified atom stereocenters. The number of unbranched alkanes of at least 4 members (excludes halogenated alkanes) is 14. The van der Waals surface area contributed by atoms with Crippen molar-refractivity contribution in [3.63, 3.8) is 0 Å². The van der Waals surface area contributed by atoms with Crippen molar-refractivity contribution >= 4 is 5.91 Å². The highest BCUT2D eigenvalue weighted by molar-refractivity contribution is 5.76. The predicted molar refractivity (Wildman–Crippen MR) is 327 cm³/mol. The molecule has 2 heterocycles. The Balaban J connectivity index is 1.78. The predicted octanol–water partition coefficient (Wildman–Crippen LogP) is 11.2. The largest absolute Gasteiger partial charge is 0.394 e. The van der Waals surface area contributed by atoms with E-state index in [1.54, 1.807) is 6.08 Å². The fraction of sp³-hybridized carbons (Fsp3) is 0.657. The maximum atomic E-state index is 13.3. The normalized spacial score (nSPS) is 25.1. The van der Waals surface area contributed by atoms with E-state index in [0.29, 0.717) is 12.8 Å². The number of allylic oxidation sites excluding steroid dienone is 21. The maximum absolute atomic E-state index is 13.3. The van der Waals surface area contributed by atoms with E-state index in [2.05, 4.69) is 141 Å². The summed E-state index contributed by atoms with van der Waals surface area (Å²) >= 11 is 0. The average Bonchev–Trinajstić information content (AvgIpc) is 3.47. The molecule has 0 aromatic heterocycles. The van der Waals surface area contributed by atoms with E-state index in [4.69, 9.17) is 18.9 Å². The smallest absolute Gasteiger partial charge is 0.220 e. The third-order valence-corrected chi connectivity index (χ3v) is 14.0. The molecule has 14 nitrogen and oxygen atoms in total. The summed E-state index contributed by atoms with van der Waals surface area (Å²) in [6, 6.07) is -0.963. The second kappa shape index (κ2) is 50.6. The zero-order chi connectivity index (χ0) is 58.8. The van der Waals surface area contributed by atoms with E-state index in [-0.39, 0.29) is 18.9 Å². The molecule has 0 aromatic rings. The zero-order valence-corrected chi connectivity index (χ0v) is 49.5. The van der Waals surface area contributed by atoms with Crippen LogP contribution in [0.25, 0.3) is 0 Å². The summed E-state index contributed by atoms with van der Waals surface area (Å²) < 4.78 is 22.7. The van der Waals surface area contributed by atoms with Crippen LogP contribution in [0.1, 0.15) is 187 Å². The van der Waals surface area contributed by atoms with Crippen molar-refractivity contribution in [2.75, 3.05) is 19.8 Å². The number of carbonyl (C=O) groups is 1. The number of ether oxygens (including phenoxy) is 4. The van der Waals surface area contributed by atoms with Crippen molar-refractivity contribution in [2.24, 2.45) is 0 Å². The van der Waals surface area contributed by atoms with Gasteiger partial charge in [-0.1, -0.05) is 205 Å². The van der Waals surface area contributed by atoms with Crippen molar-refractivity contribution in [3.8, 4) is 0 Å². The summed E-state index contributed by atoms with van der Waals surface area (Å²) in [7, 11) is 0. The fourth-order valence-electron chi connectivity index (χ4n) is 9.10. The van der Waals surface area contributed by atoms with Gasteiger partial charge in [0.1, 0.15) is 48.8 Å². The average molecular weight is 1140 g/mol. The molecule has 2 fully saturated rings. The van der Waals surface area contributed by atoms with Gasteiger partial charge in [0.15, 0.2) is 12.6 Å². The van der Waals surface area contributed by atoms with Crippen LogP contribution >= 0.6 is 0 Å². The Labute approximate surface area is 488 Å². The number of nitrogens with one attached hydrogen (secondary N) is 1. The molecule has 2 saturated heterocycles. The van der Waals surface area contributed by atoms with E-state index in [1.807, 2.05) is 6.08 Å². The Bertz CT molecular complexity index is 1870. The molecule has 14 heteroatoms. The minimum absolute atomic E-state index is 0.230. The van der Waals surface area contributed by atoms with Crippen LogP contribution in [0.3, 0.4) is 0 Å². The Kier molecular flexibility index (Phi) is 45.8. The first-order chi connectivity index (χ1) is 39.6. The van der Waals surface area contributed by atoms with Gasteiger partial charge in [-0.15, -0.1) is 0 Å². The SMILES string of the molecule is CC/C=C\C/C=C\C/C=C\C/C=C\C/C=C\C/C=C\C/C=C\C/C=C\CCCCCCC(=O)NC(COC1OC(CO)C(OC2OC(CO)C(O)C(O)C2O)C(O)C1O)C(O)/C=C/CC/C=C/CC/C=C/CCCCCCCCCC. The topological polar surface area (TPSA) is 228 Å². The van der Waals surface area contributed by atoms with Gasteiger partial charge in [-0.3, -0.25) is 4.79 Å². The molecule has 2 aliphatic rings. The fourth-order valence-corrected chi connectivity index (χ4v) is 9.10. The molecular weight excluding hydrogens is 1030 g/mol. The minimum atomic E-state index is -1.80. The standard InChI is InChI=1S/C67H109NO13/c1-3-5-7-9-11-13-15-17-19-21-23-24-25-26-27-28-29-30-31-32-33-35-37-39-41-43-45-47-49-51-59(72)68-55(56(71)50-48-46-44-42-40-38-36-34-22-20-18-16-14-12-10-8-6-4-2)54-78-66-64(77)62(75)65(58(53-70)80-66)81-67-63(76)61(74)60(73)57(52-69)79-67/h5,7,11,13,17,19,22-24,26-27,29-30,32-34,37,39-40,42,48,50,55-58,60-67,69-71,73-77H,3-4,6,8-10,12,14-16,18,20-21,25,28,31,35-36,38,41,43-47,49,51-54H2,1-2H3,(H,68,72)/b7-5-,13-11-,19-17-,24-23-,27-26-,30-29-,33-32-,34-22+,39-37-,42-40+,50-48+. The van der Waals surface area contributed by atoms with Crippen LogP contribution in [-0.2, 0) is 23.7 Å². The van der Waals surface area contributed by atoms with Crippen molar-refractivity contribution in [1.29, 1.82) is 0 Å². The Morgan fingerprint density at radius 1 is 0.457 bits per heavy atom. The number of amides is 1. The zero-order valence-electron chi connectivity index (χ0n) is 49.5. The van der Waals surface area contributed by atoms with Gasteiger partial charge in [0, 0.05) is 6.42 Å². The Morgan fingerprint density at radius 3 is 1.36 bits per heavy atom. The molecule has 12 atom stereocenters. The van der Waals surface area contributed by atoms with Crippen molar-refractivity contribution in [2.45, 2.75) is 261 Å². The number of aliphatic hydroxyl groups excluding tert-OH is 8. The number of aliphatic hydroxyl groups is 8. The number of hydrogen-bond acceptors (Lipinski definition) is 13. The van der Waals surface area contributed by atoms with Gasteiger partial charge in [0.05, 0.1) is 32.0 Å². The number of hydrogen-bond donors (Lipinski definition) is 9. The minimum Gasteiger partial charge on any atom is -0.394 e.